The lowest BCUT2D eigenvalue weighted by Crippen LogP contribution is -2.35. The molecule has 106 valence electrons. The highest BCUT2D eigenvalue weighted by atomic mass is 35.5. The first-order valence-electron chi connectivity index (χ1n) is 6.65. The Kier molecular flexibility index (Phi) is 4.46. The van der Waals surface area contributed by atoms with Crippen molar-refractivity contribution in [1.82, 2.24) is 9.78 Å². The lowest BCUT2D eigenvalue weighted by molar-refractivity contribution is -0.139. The van der Waals surface area contributed by atoms with E-state index >= 15 is 0 Å². The summed E-state index contributed by atoms with van der Waals surface area (Å²) in [5.74, 6) is 0.179. The quantitative estimate of drug-likeness (QED) is 0.908. The normalized spacial score (nSPS) is 22.9. The molecule has 1 aromatic rings. The molecule has 0 bridgehead atoms. The van der Waals surface area contributed by atoms with Crippen LogP contribution in [0.15, 0.2) is 0 Å². The number of thioether (sulfide) groups is 1. The fourth-order valence-corrected chi connectivity index (χ4v) is 4.20. The third kappa shape index (κ3) is 2.63. The van der Waals surface area contributed by atoms with Gasteiger partial charge >= 0.3 is 5.97 Å². The Morgan fingerprint density at radius 2 is 2.32 bits per heavy atom. The van der Waals surface area contributed by atoms with Crippen molar-refractivity contribution in [3.63, 3.8) is 0 Å². The van der Waals surface area contributed by atoms with Gasteiger partial charge in [-0.15, -0.1) is 11.8 Å². The highest BCUT2D eigenvalue weighted by Gasteiger charge is 2.43. The summed E-state index contributed by atoms with van der Waals surface area (Å²) >= 11 is 7.91. The van der Waals surface area contributed by atoms with Crippen molar-refractivity contribution in [1.29, 1.82) is 0 Å². The summed E-state index contributed by atoms with van der Waals surface area (Å²) < 4.78 is 1.13. The molecule has 1 atom stereocenters. The topological polar surface area (TPSA) is 55.1 Å². The largest absolute Gasteiger partial charge is 0.480 e. The zero-order chi connectivity index (χ0) is 14.0. The van der Waals surface area contributed by atoms with Gasteiger partial charge in [0.05, 0.1) is 16.4 Å². The number of hydrogen-bond donors (Lipinski definition) is 1. The van der Waals surface area contributed by atoms with E-state index in [1.165, 1.54) is 11.8 Å². The zero-order valence-electron chi connectivity index (χ0n) is 11.3. The maximum atomic E-state index is 11.6. The van der Waals surface area contributed by atoms with Crippen molar-refractivity contribution < 1.29 is 9.90 Å². The number of hydrogen-bond acceptors (Lipinski definition) is 3. The van der Waals surface area contributed by atoms with Crippen molar-refractivity contribution in [2.45, 2.75) is 50.8 Å². The average molecular weight is 303 g/mol. The molecule has 0 spiro atoms. The van der Waals surface area contributed by atoms with Gasteiger partial charge < -0.3 is 5.11 Å². The third-order valence-corrected chi connectivity index (χ3v) is 5.64. The minimum Gasteiger partial charge on any atom is -0.480 e. The second kappa shape index (κ2) is 5.75. The molecule has 2 heterocycles. The summed E-state index contributed by atoms with van der Waals surface area (Å²) in [7, 11) is 0. The maximum absolute atomic E-state index is 11.6. The van der Waals surface area contributed by atoms with Crippen molar-refractivity contribution in [2.24, 2.45) is 0 Å². The Morgan fingerprint density at radius 1 is 1.58 bits per heavy atom. The van der Waals surface area contributed by atoms with Crippen LogP contribution in [0.4, 0.5) is 0 Å². The second-order valence-electron chi connectivity index (χ2n) is 4.80. The lowest BCUT2D eigenvalue weighted by atomic mass is 9.97. The smallest absolute Gasteiger partial charge is 0.320 e. The summed E-state index contributed by atoms with van der Waals surface area (Å²) in [5, 5.41) is 14.7. The molecule has 1 N–H and O–H groups in total. The molecular weight excluding hydrogens is 284 g/mol. The van der Waals surface area contributed by atoms with Crippen molar-refractivity contribution in [3.05, 3.63) is 16.4 Å². The van der Waals surface area contributed by atoms with E-state index in [9.17, 15) is 9.90 Å². The van der Waals surface area contributed by atoms with Crippen LogP contribution < -0.4 is 0 Å². The molecule has 2 rings (SSSR count). The van der Waals surface area contributed by atoms with Crippen LogP contribution in [0.3, 0.4) is 0 Å². The Labute approximate surface area is 122 Å². The molecule has 1 unspecified atom stereocenters. The number of carbonyl (C=O) groups is 1. The summed E-state index contributed by atoms with van der Waals surface area (Å²) in [4.78, 5) is 11.6. The van der Waals surface area contributed by atoms with Gasteiger partial charge in [-0.05, 0) is 31.9 Å². The highest BCUT2D eigenvalue weighted by molar-refractivity contribution is 8.01. The van der Waals surface area contributed by atoms with Crippen LogP contribution in [0.1, 0.15) is 38.1 Å². The molecule has 19 heavy (non-hydrogen) atoms. The number of aromatic nitrogens is 2. The van der Waals surface area contributed by atoms with Gasteiger partial charge in [-0.25, -0.2) is 0 Å². The van der Waals surface area contributed by atoms with E-state index in [0.29, 0.717) is 17.9 Å². The van der Waals surface area contributed by atoms with E-state index in [-0.39, 0.29) is 0 Å². The fraction of sp³-hybridized carbons (Fsp3) is 0.692. The summed E-state index contributed by atoms with van der Waals surface area (Å²) in [5.41, 5.74) is 1.74. The molecule has 1 aromatic heterocycles. The van der Waals surface area contributed by atoms with Crippen molar-refractivity contribution >= 4 is 29.3 Å². The van der Waals surface area contributed by atoms with E-state index < -0.39 is 10.7 Å². The van der Waals surface area contributed by atoms with Crippen molar-refractivity contribution in [3.8, 4) is 0 Å². The van der Waals surface area contributed by atoms with Crippen LogP contribution in [0.25, 0.3) is 0 Å². The van der Waals surface area contributed by atoms with Gasteiger partial charge in [0, 0.05) is 13.0 Å². The monoisotopic (exact) mass is 302 g/mol. The molecule has 4 nitrogen and oxygen atoms in total. The first kappa shape index (κ1) is 14.7. The van der Waals surface area contributed by atoms with Crippen LogP contribution in [0.2, 0.25) is 5.02 Å². The van der Waals surface area contributed by atoms with Gasteiger partial charge in [0.15, 0.2) is 0 Å². The maximum Gasteiger partial charge on any atom is 0.320 e. The van der Waals surface area contributed by atoms with Crippen LogP contribution in [-0.4, -0.2) is 31.4 Å². The minimum absolute atomic E-state index is 0.465. The van der Waals surface area contributed by atoms with E-state index in [4.69, 9.17) is 11.6 Å². The Hall–Kier alpha value is -0.680. The molecular formula is C13H19ClN2O2S. The van der Waals surface area contributed by atoms with Gasteiger partial charge in [0.1, 0.15) is 4.75 Å². The highest BCUT2D eigenvalue weighted by Crippen LogP contribution is 2.42. The number of nitrogens with zero attached hydrogens (tertiary/aromatic N) is 2. The predicted octanol–water partition coefficient (Wildman–Crippen LogP) is 3.01. The zero-order valence-corrected chi connectivity index (χ0v) is 12.9. The molecule has 1 aliphatic rings. The number of carboxylic acids is 1. The standard InChI is InChI=1S/C13H19ClN2O2S/c1-3-9-11(14)10(16(4-2)15-9)8-13(12(17)18)6-5-7-19-13/h3-8H2,1-2H3,(H,17,18). The van der Waals surface area contributed by atoms with E-state index in [1.54, 1.807) is 0 Å². The lowest BCUT2D eigenvalue weighted by Gasteiger charge is -2.23. The minimum atomic E-state index is -0.729. The van der Waals surface area contributed by atoms with Gasteiger partial charge in [-0.3, -0.25) is 9.48 Å². The molecule has 0 saturated carbocycles. The SMILES string of the molecule is CCc1nn(CC)c(CC2(C(=O)O)CCCS2)c1Cl. The van der Waals surface area contributed by atoms with E-state index in [0.717, 1.165) is 36.5 Å². The molecule has 0 amide bonds. The summed E-state index contributed by atoms with van der Waals surface area (Å²) in [6, 6.07) is 0. The summed E-state index contributed by atoms with van der Waals surface area (Å²) in [6.07, 6.45) is 2.90. The predicted molar refractivity (Wildman–Crippen MR) is 78.1 cm³/mol. The van der Waals surface area contributed by atoms with E-state index in [1.807, 2.05) is 18.5 Å². The van der Waals surface area contributed by atoms with Crippen molar-refractivity contribution in [2.75, 3.05) is 5.75 Å². The molecule has 0 aromatic carbocycles. The van der Waals surface area contributed by atoms with Crippen LogP contribution in [0, 0.1) is 0 Å². The first-order valence-corrected chi connectivity index (χ1v) is 8.01. The van der Waals surface area contributed by atoms with Gasteiger partial charge in [-0.1, -0.05) is 18.5 Å². The Morgan fingerprint density at radius 3 is 2.79 bits per heavy atom. The molecule has 0 radical (unpaired) electrons. The fourth-order valence-electron chi connectivity index (χ4n) is 2.54. The van der Waals surface area contributed by atoms with Gasteiger partial charge in [0.25, 0.3) is 0 Å². The first-order chi connectivity index (χ1) is 9.04. The van der Waals surface area contributed by atoms with E-state index in [2.05, 4.69) is 5.10 Å². The number of aliphatic carboxylic acids is 1. The Balaban J connectivity index is 2.36. The Bertz CT molecular complexity index is 481. The number of carboxylic acid groups (broad SMARTS) is 1. The molecule has 1 saturated heterocycles. The molecule has 0 aliphatic carbocycles. The molecule has 1 aliphatic heterocycles. The number of halogens is 1. The van der Waals surface area contributed by atoms with Crippen LogP contribution in [-0.2, 0) is 24.2 Å². The number of rotatable bonds is 5. The van der Waals surface area contributed by atoms with Crippen LogP contribution in [0.5, 0.6) is 0 Å². The van der Waals surface area contributed by atoms with Gasteiger partial charge in [-0.2, -0.15) is 5.10 Å². The van der Waals surface area contributed by atoms with Gasteiger partial charge in [0.2, 0.25) is 0 Å². The summed E-state index contributed by atoms with van der Waals surface area (Å²) in [6.45, 7) is 4.73. The average Bonchev–Trinajstić information content (AvgIpc) is 2.97. The second-order valence-corrected chi connectivity index (χ2v) is 6.66. The molecule has 6 heteroatoms. The van der Waals surface area contributed by atoms with Crippen LogP contribution >= 0.6 is 23.4 Å². The molecule has 1 fully saturated rings. The number of aryl methyl sites for hydroxylation is 2. The third-order valence-electron chi connectivity index (χ3n) is 3.64.